The van der Waals surface area contributed by atoms with Gasteiger partial charge in [0.15, 0.2) is 0 Å². The highest BCUT2D eigenvalue weighted by Crippen LogP contribution is 2.16. The van der Waals surface area contributed by atoms with Gasteiger partial charge in [0.25, 0.3) is 0 Å². The highest BCUT2D eigenvalue weighted by Gasteiger charge is 2.25. The van der Waals surface area contributed by atoms with E-state index >= 15 is 0 Å². The molecule has 0 aromatic heterocycles. The van der Waals surface area contributed by atoms with Gasteiger partial charge in [0.1, 0.15) is 0 Å². The van der Waals surface area contributed by atoms with Crippen molar-refractivity contribution in [3.63, 3.8) is 0 Å². The molecule has 3 heteroatoms. The molecule has 15 heavy (non-hydrogen) atoms. The Morgan fingerprint density at radius 2 is 1.93 bits per heavy atom. The number of amides is 1. The summed E-state index contributed by atoms with van der Waals surface area (Å²) in [7, 11) is 1.95. The number of rotatable bonds is 3. The van der Waals surface area contributed by atoms with E-state index in [0.29, 0.717) is 6.04 Å². The van der Waals surface area contributed by atoms with Gasteiger partial charge in [-0.2, -0.15) is 0 Å². The SMILES string of the molecule is CCN1CCC(N(C)C(=O)C(C)C)CC1. The lowest BCUT2D eigenvalue weighted by Crippen LogP contribution is -2.46. The molecule has 1 saturated heterocycles. The Hall–Kier alpha value is -0.570. The maximum atomic E-state index is 11.8. The molecule has 1 rings (SSSR count). The van der Waals surface area contributed by atoms with Gasteiger partial charge in [-0.3, -0.25) is 4.79 Å². The Kier molecular flexibility index (Phi) is 4.58. The molecule has 0 aliphatic carbocycles. The number of carbonyl (C=O) groups excluding carboxylic acids is 1. The van der Waals surface area contributed by atoms with Crippen molar-refractivity contribution in [1.29, 1.82) is 0 Å². The Morgan fingerprint density at radius 3 is 2.33 bits per heavy atom. The monoisotopic (exact) mass is 212 g/mol. The second-order valence-electron chi connectivity index (χ2n) is 4.77. The summed E-state index contributed by atoms with van der Waals surface area (Å²) in [4.78, 5) is 16.2. The molecule has 0 saturated carbocycles. The van der Waals surface area contributed by atoms with E-state index < -0.39 is 0 Å². The zero-order chi connectivity index (χ0) is 11.4. The summed E-state index contributed by atoms with van der Waals surface area (Å²) in [6.07, 6.45) is 2.26. The van der Waals surface area contributed by atoms with Gasteiger partial charge in [-0.05, 0) is 19.4 Å². The van der Waals surface area contributed by atoms with E-state index in [1.54, 1.807) is 0 Å². The first kappa shape index (κ1) is 12.5. The average molecular weight is 212 g/mol. The second kappa shape index (κ2) is 5.50. The van der Waals surface area contributed by atoms with Crippen LogP contribution < -0.4 is 0 Å². The van der Waals surface area contributed by atoms with Crippen molar-refractivity contribution in [2.75, 3.05) is 26.7 Å². The minimum atomic E-state index is 0.124. The lowest BCUT2D eigenvalue weighted by molar-refractivity contribution is -0.136. The summed E-state index contributed by atoms with van der Waals surface area (Å²) in [6.45, 7) is 9.55. The third kappa shape index (κ3) is 3.20. The molecule has 1 aliphatic rings. The molecule has 1 aliphatic heterocycles. The van der Waals surface area contributed by atoms with E-state index in [9.17, 15) is 4.79 Å². The van der Waals surface area contributed by atoms with E-state index in [1.807, 2.05) is 25.8 Å². The molecular weight excluding hydrogens is 188 g/mol. The van der Waals surface area contributed by atoms with Crippen LogP contribution in [0.5, 0.6) is 0 Å². The van der Waals surface area contributed by atoms with Crippen molar-refractivity contribution in [2.45, 2.75) is 39.7 Å². The van der Waals surface area contributed by atoms with Crippen LogP contribution in [-0.2, 0) is 4.79 Å². The Bertz CT molecular complexity index is 208. The number of piperidine rings is 1. The van der Waals surface area contributed by atoms with Gasteiger partial charge in [0.05, 0.1) is 0 Å². The largest absolute Gasteiger partial charge is 0.342 e. The molecule has 0 spiro atoms. The predicted octanol–water partition coefficient (Wildman–Crippen LogP) is 1.59. The average Bonchev–Trinajstić information content (AvgIpc) is 2.27. The summed E-state index contributed by atoms with van der Waals surface area (Å²) in [5.74, 6) is 0.407. The predicted molar refractivity (Wildman–Crippen MR) is 62.7 cm³/mol. The smallest absolute Gasteiger partial charge is 0.225 e. The normalized spacial score (nSPS) is 19.5. The van der Waals surface area contributed by atoms with Crippen molar-refractivity contribution in [3.8, 4) is 0 Å². The van der Waals surface area contributed by atoms with Gasteiger partial charge < -0.3 is 9.80 Å². The first-order chi connectivity index (χ1) is 7.06. The van der Waals surface area contributed by atoms with Crippen LogP contribution in [0.1, 0.15) is 33.6 Å². The minimum Gasteiger partial charge on any atom is -0.342 e. The van der Waals surface area contributed by atoms with Crippen molar-refractivity contribution in [1.82, 2.24) is 9.80 Å². The lowest BCUT2D eigenvalue weighted by atomic mass is 10.0. The standard InChI is InChI=1S/C12H24N2O/c1-5-14-8-6-11(7-9-14)13(4)12(15)10(2)3/h10-11H,5-9H2,1-4H3. The highest BCUT2D eigenvalue weighted by molar-refractivity contribution is 5.78. The van der Waals surface area contributed by atoms with Crippen molar-refractivity contribution >= 4 is 5.91 Å². The van der Waals surface area contributed by atoms with Crippen LogP contribution in [0.25, 0.3) is 0 Å². The van der Waals surface area contributed by atoms with Crippen LogP contribution in [0.2, 0.25) is 0 Å². The molecule has 0 bridgehead atoms. The summed E-state index contributed by atoms with van der Waals surface area (Å²) < 4.78 is 0. The molecule has 0 radical (unpaired) electrons. The van der Waals surface area contributed by atoms with Gasteiger partial charge in [0, 0.05) is 32.1 Å². The third-order valence-corrected chi connectivity index (χ3v) is 3.39. The number of hydrogen-bond acceptors (Lipinski definition) is 2. The Morgan fingerprint density at radius 1 is 1.40 bits per heavy atom. The fraction of sp³-hybridized carbons (Fsp3) is 0.917. The number of likely N-dealkylation sites (tertiary alicyclic amines) is 1. The zero-order valence-electron chi connectivity index (χ0n) is 10.5. The highest BCUT2D eigenvalue weighted by atomic mass is 16.2. The number of nitrogens with zero attached hydrogens (tertiary/aromatic N) is 2. The fourth-order valence-electron chi connectivity index (χ4n) is 2.21. The Labute approximate surface area is 93.4 Å². The van der Waals surface area contributed by atoms with Gasteiger partial charge >= 0.3 is 0 Å². The molecule has 0 aromatic rings. The minimum absolute atomic E-state index is 0.124. The lowest BCUT2D eigenvalue weighted by Gasteiger charge is -2.37. The molecule has 88 valence electrons. The van der Waals surface area contributed by atoms with E-state index in [2.05, 4.69) is 11.8 Å². The molecule has 1 fully saturated rings. The zero-order valence-corrected chi connectivity index (χ0v) is 10.5. The quantitative estimate of drug-likeness (QED) is 0.709. The fourth-order valence-corrected chi connectivity index (χ4v) is 2.21. The molecule has 0 N–H and O–H groups in total. The molecule has 1 amide bonds. The maximum Gasteiger partial charge on any atom is 0.225 e. The second-order valence-corrected chi connectivity index (χ2v) is 4.77. The topological polar surface area (TPSA) is 23.6 Å². The molecule has 3 nitrogen and oxygen atoms in total. The molecule has 0 aromatic carbocycles. The van der Waals surface area contributed by atoms with Crippen LogP contribution in [0.15, 0.2) is 0 Å². The summed E-state index contributed by atoms with van der Waals surface area (Å²) in [6, 6.07) is 0.461. The van der Waals surface area contributed by atoms with Crippen molar-refractivity contribution in [3.05, 3.63) is 0 Å². The number of hydrogen-bond donors (Lipinski definition) is 0. The van der Waals surface area contributed by atoms with Gasteiger partial charge in [-0.25, -0.2) is 0 Å². The van der Waals surface area contributed by atoms with Gasteiger partial charge in [0.2, 0.25) is 5.91 Å². The first-order valence-corrected chi connectivity index (χ1v) is 6.05. The van der Waals surface area contributed by atoms with Crippen LogP contribution >= 0.6 is 0 Å². The first-order valence-electron chi connectivity index (χ1n) is 6.05. The van der Waals surface area contributed by atoms with Crippen molar-refractivity contribution < 1.29 is 4.79 Å². The van der Waals surface area contributed by atoms with E-state index in [4.69, 9.17) is 0 Å². The molecule has 0 unspecified atom stereocenters. The molecular formula is C12H24N2O. The number of carbonyl (C=O) groups is 1. The van der Waals surface area contributed by atoms with Crippen LogP contribution in [0.4, 0.5) is 0 Å². The maximum absolute atomic E-state index is 11.8. The van der Waals surface area contributed by atoms with E-state index in [-0.39, 0.29) is 11.8 Å². The summed E-state index contributed by atoms with van der Waals surface area (Å²) in [5.41, 5.74) is 0. The van der Waals surface area contributed by atoms with Crippen LogP contribution in [0.3, 0.4) is 0 Å². The summed E-state index contributed by atoms with van der Waals surface area (Å²) >= 11 is 0. The van der Waals surface area contributed by atoms with Gasteiger partial charge in [-0.15, -0.1) is 0 Å². The molecule has 0 atom stereocenters. The van der Waals surface area contributed by atoms with E-state index in [1.165, 1.54) is 0 Å². The van der Waals surface area contributed by atoms with Crippen molar-refractivity contribution in [2.24, 2.45) is 5.92 Å². The van der Waals surface area contributed by atoms with E-state index in [0.717, 1.165) is 32.5 Å². The van der Waals surface area contributed by atoms with Gasteiger partial charge in [-0.1, -0.05) is 20.8 Å². The molecule has 1 heterocycles. The summed E-state index contributed by atoms with van der Waals surface area (Å²) in [5, 5.41) is 0. The van der Waals surface area contributed by atoms with Crippen LogP contribution in [0, 0.1) is 5.92 Å². The Balaban J connectivity index is 2.42. The van der Waals surface area contributed by atoms with Crippen LogP contribution in [-0.4, -0.2) is 48.4 Å². The third-order valence-electron chi connectivity index (χ3n) is 3.39.